The van der Waals surface area contributed by atoms with Gasteiger partial charge in [0.1, 0.15) is 0 Å². The van der Waals surface area contributed by atoms with Crippen molar-refractivity contribution in [1.29, 1.82) is 0 Å². The quantitative estimate of drug-likeness (QED) is 0.638. The van der Waals surface area contributed by atoms with Crippen molar-refractivity contribution in [2.45, 2.75) is 52.7 Å². The van der Waals surface area contributed by atoms with Crippen molar-refractivity contribution in [1.82, 2.24) is 0 Å². The zero-order valence-electron chi connectivity index (χ0n) is 13.3. The van der Waals surface area contributed by atoms with Gasteiger partial charge < -0.3 is 19.1 Å². The van der Waals surface area contributed by atoms with Gasteiger partial charge in [-0.1, -0.05) is 11.6 Å². The zero-order chi connectivity index (χ0) is 16.2. The van der Waals surface area contributed by atoms with Crippen molar-refractivity contribution in [3.63, 3.8) is 0 Å². The van der Waals surface area contributed by atoms with Gasteiger partial charge in [0.15, 0.2) is 0 Å². The van der Waals surface area contributed by atoms with E-state index in [0.29, 0.717) is 11.0 Å². The van der Waals surface area contributed by atoms with Crippen LogP contribution in [-0.2, 0) is 13.9 Å². The molecule has 116 valence electrons. The number of hydrogen-bond donors (Lipinski definition) is 2. The first-order valence-corrected chi connectivity index (χ1v) is 8.50. The number of hydrogen-bond acceptors (Lipinski definition) is 3. The van der Waals surface area contributed by atoms with E-state index in [9.17, 15) is 14.4 Å². The van der Waals surface area contributed by atoms with E-state index in [1.165, 1.54) is 6.07 Å². The van der Waals surface area contributed by atoms with Gasteiger partial charge in [-0.15, -0.1) is 0 Å². The minimum Gasteiger partial charge on any atom is -0.399 e. The molecule has 7 heteroatoms. The Morgan fingerprint density at radius 3 is 1.95 bits per heavy atom. The Morgan fingerprint density at radius 2 is 1.52 bits per heavy atom. The summed E-state index contributed by atoms with van der Waals surface area (Å²) in [5.74, 6) is 0. The molecule has 1 saturated heterocycles. The van der Waals surface area contributed by atoms with Gasteiger partial charge in [-0.05, 0) is 58.6 Å². The highest BCUT2D eigenvalue weighted by molar-refractivity contribution is 7.60. The van der Waals surface area contributed by atoms with Gasteiger partial charge in [-0.3, -0.25) is 4.57 Å². The van der Waals surface area contributed by atoms with Crippen LogP contribution in [0.2, 0.25) is 0 Å². The van der Waals surface area contributed by atoms with E-state index in [0.717, 1.165) is 5.56 Å². The van der Waals surface area contributed by atoms with Crippen LogP contribution in [0.3, 0.4) is 0 Å². The van der Waals surface area contributed by atoms with Crippen LogP contribution in [0.25, 0.3) is 0 Å². The number of benzene rings is 1. The highest BCUT2D eigenvalue weighted by Gasteiger charge is 2.52. The average molecular weight is 312 g/mol. The maximum absolute atomic E-state index is 11.6. The maximum atomic E-state index is 11.6. The standard InChI is InChI=1S/C14H22BO5P/c1-9-7-8-11(21(16,17)18)10(2)12(9)15-19-13(3,4)14(5,6)20-15/h7-8H,1-6H3,(H2,16,17,18). The van der Waals surface area contributed by atoms with E-state index in [4.69, 9.17) is 9.31 Å². The van der Waals surface area contributed by atoms with Crippen molar-refractivity contribution in [3.05, 3.63) is 23.3 Å². The van der Waals surface area contributed by atoms with Crippen molar-refractivity contribution in [2.24, 2.45) is 0 Å². The average Bonchev–Trinajstić information content (AvgIpc) is 2.45. The second kappa shape index (κ2) is 4.93. The monoisotopic (exact) mass is 312 g/mol. The van der Waals surface area contributed by atoms with Crippen molar-refractivity contribution in [3.8, 4) is 0 Å². The summed E-state index contributed by atoms with van der Waals surface area (Å²) in [5.41, 5.74) is 1.14. The zero-order valence-corrected chi connectivity index (χ0v) is 14.2. The minimum atomic E-state index is -4.32. The molecule has 5 nitrogen and oxygen atoms in total. The lowest BCUT2D eigenvalue weighted by atomic mass is 9.73. The summed E-state index contributed by atoms with van der Waals surface area (Å²) in [6.07, 6.45) is 0. The van der Waals surface area contributed by atoms with Gasteiger partial charge in [-0.25, -0.2) is 0 Å². The van der Waals surface area contributed by atoms with Crippen LogP contribution in [0.15, 0.2) is 12.1 Å². The second-order valence-electron chi connectivity index (χ2n) is 6.57. The lowest BCUT2D eigenvalue weighted by molar-refractivity contribution is 0.00578. The highest BCUT2D eigenvalue weighted by Crippen LogP contribution is 2.38. The molecular formula is C14H22BO5P. The van der Waals surface area contributed by atoms with Gasteiger partial charge in [-0.2, -0.15) is 0 Å². The summed E-state index contributed by atoms with van der Waals surface area (Å²) in [6.45, 7) is 11.4. The molecule has 0 unspecified atom stereocenters. The van der Waals surface area contributed by atoms with E-state index in [1.54, 1.807) is 13.0 Å². The van der Waals surface area contributed by atoms with Crippen molar-refractivity contribution in [2.75, 3.05) is 0 Å². The fourth-order valence-corrected chi connectivity index (χ4v) is 3.32. The van der Waals surface area contributed by atoms with Gasteiger partial charge in [0.05, 0.1) is 16.5 Å². The van der Waals surface area contributed by atoms with E-state index in [1.807, 2.05) is 34.6 Å². The van der Waals surface area contributed by atoms with Gasteiger partial charge in [0.2, 0.25) is 0 Å². The molecule has 1 fully saturated rings. The molecule has 0 radical (unpaired) electrons. The Balaban J connectivity index is 2.54. The van der Waals surface area contributed by atoms with Crippen LogP contribution >= 0.6 is 7.60 Å². The lowest BCUT2D eigenvalue weighted by Crippen LogP contribution is -2.41. The predicted molar refractivity (Wildman–Crippen MR) is 83.3 cm³/mol. The fourth-order valence-electron chi connectivity index (χ4n) is 2.49. The first kappa shape index (κ1) is 16.7. The van der Waals surface area contributed by atoms with E-state index in [-0.39, 0.29) is 5.30 Å². The molecule has 1 aromatic carbocycles. The molecule has 2 N–H and O–H groups in total. The number of aryl methyl sites for hydroxylation is 1. The molecule has 0 spiro atoms. The summed E-state index contributed by atoms with van der Waals surface area (Å²) >= 11 is 0. The SMILES string of the molecule is Cc1ccc(P(=O)(O)O)c(C)c1B1OC(C)(C)C(C)(C)O1. The minimum absolute atomic E-state index is 0.0258. The third kappa shape index (κ3) is 2.83. The fraction of sp³-hybridized carbons (Fsp3) is 0.571. The summed E-state index contributed by atoms with van der Waals surface area (Å²) < 4.78 is 23.6. The van der Waals surface area contributed by atoms with Gasteiger partial charge >= 0.3 is 14.7 Å². The van der Waals surface area contributed by atoms with Gasteiger partial charge in [0, 0.05) is 0 Å². The first-order chi connectivity index (χ1) is 9.37. The molecule has 0 aromatic heterocycles. The third-order valence-corrected chi connectivity index (χ3v) is 5.62. The molecular weight excluding hydrogens is 290 g/mol. The third-order valence-electron chi connectivity index (χ3n) is 4.51. The Bertz CT molecular complexity index is 604. The molecule has 0 atom stereocenters. The van der Waals surface area contributed by atoms with Crippen molar-refractivity contribution < 1.29 is 23.7 Å². The largest absolute Gasteiger partial charge is 0.495 e. The van der Waals surface area contributed by atoms with Gasteiger partial charge in [0.25, 0.3) is 0 Å². The molecule has 1 aromatic rings. The van der Waals surface area contributed by atoms with E-state index < -0.39 is 25.9 Å². The molecule has 0 aliphatic carbocycles. The highest BCUT2D eigenvalue weighted by atomic mass is 31.2. The molecule has 21 heavy (non-hydrogen) atoms. The molecule has 0 amide bonds. The molecule has 1 aliphatic rings. The summed E-state index contributed by atoms with van der Waals surface area (Å²) in [7, 11) is -4.94. The Hall–Kier alpha value is -0.645. The summed E-state index contributed by atoms with van der Waals surface area (Å²) in [4.78, 5) is 18.9. The Morgan fingerprint density at radius 1 is 1.05 bits per heavy atom. The topological polar surface area (TPSA) is 76.0 Å². The predicted octanol–water partition coefficient (Wildman–Crippen LogP) is 1.41. The normalized spacial score (nSPS) is 20.9. The lowest BCUT2D eigenvalue weighted by Gasteiger charge is -2.32. The van der Waals surface area contributed by atoms with E-state index >= 15 is 0 Å². The first-order valence-electron chi connectivity index (χ1n) is 6.89. The van der Waals surface area contributed by atoms with Crippen LogP contribution in [0.1, 0.15) is 38.8 Å². The van der Waals surface area contributed by atoms with Crippen LogP contribution in [-0.4, -0.2) is 28.1 Å². The molecule has 1 heterocycles. The molecule has 2 rings (SSSR count). The second-order valence-corrected chi connectivity index (χ2v) is 8.14. The Labute approximate surface area is 126 Å². The van der Waals surface area contributed by atoms with Crippen LogP contribution in [0.5, 0.6) is 0 Å². The molecule has 0 bridgehead atoms. The number of rotatable bonds is 2. The molecule has 0 saturated carbocycles. The van der Waals surface area contributed by atoms with Crippen molar-refractivity contribution >= 4 is 25.5 Å². The summed E-state index contributed by atoms with van der Waals surface area (Å²) in [5, 5.41) is 0.0258. The summed E-state index contributed by atoms with van der Waals surface area (Å²) in [6, 6.07) is 3.17. The van der Waals surface area contributed by atoms with E-state index in [2.05, 4.69) is 0 Å². The molecule has 1 aliphatic heterocycles. The smallest absolute Gasteiger partial charge is 0.399 e. The Kier molecular flexibility index (Phi) is 3.93. The van der Waals surface area contributed by atoms with Crippen LogP contribution in [0.4, 0.5) is 0 Å². The van der Waals surface area contributed by atoms with Crippen LogP contribution in [0, 0.1) is 13.8 Å². The van der Waals surface area contributed by atoms with Crippen LogP contribution < -0.4 is 10.8 Å². The maximum Gasteiger partial charge on any atom is 0.495 e.